The molecule has 1 aliphatic heterocycles. The lowest BCUT2D eigenvalue weighted by Crippen LogP contribution is -2.20. The van der Waals surface area contributed by atoms with E-state index in [4.69, 9.17) is 33.3 Å². The van der Waals surface area contributed by atoms with Gasteiger partial charge in [-0.1, -0.05) is 23.2 Å². The van der Waals surface area contributed by atoms with Crippen LogP contribution in [0.4, 0.5) is 11.6 Å². The number of imidazole rings is 1. The lowest BCUT2D eigenvalue weighted by atomic mass is 10.2. The van der Waals surface area contributed by atoms with Gasteiger partial charge >= 0.3 is 0 Å². The number of pyridine rings is 2. The zero-order chi connectivity index (χ0) is 24.0. The lowest BCUT2D eigenvalue weighted by Gasteiger charge is -2.14. The Kier molecular flexibility index (Phi) is 5.62. The van der Waals surface area contributed by atoms with Gasteiger partial charge in [0.2, 0.25) is 5.95 Å². The summed E-state index contributed by atoms with van der Waals surface area (Å²) in [5.74, 6) is 1.23. The smallest absolute Gasteiger partial charge is 0.274 e. The van der Waals surface area contributed by atoms with Crippen molar-refractivity contribution >= 4 is 57.4 Å². The van der Waals surface area contributed by atoms with E-state index in [-0.39, 0.29) is 27.3 Å². The van der Waals surface area contributed by atoms with Gasteiger partial charge in [-0.3, -0.25) is 4.79 Å². The van der Waals surface area contributed by atoms with Gasteiger partial charge in [0.1, 0.15) is 21.9 Å². The van der Waals surface area contributed by atoms with E-state index in [1.165, 1.54) is 12.4 Å². The Labute approximate surface area is 204 Å². The van der Waals surface area contributed by atoms with Crippen LogP contribution in [-0.2, 0) is 14.1 Å². The van der Waals surface area contributed by atoms with Crippen molar-refractivity contribution in [3.05, 3.63) is 63.3 Å². The molecule has 1 aliphatic carbocycles. The fraction of sp³-hybridized carbons (Fsp3) is 0.227. The minimum absolute atomic E-state index is 0.113. The number of hydrogen-bond acceptors (Lipinski definition) is 8. The summed E-state index contributed by atoms with van der Waals surface area (Å²) in [4.78, 5) is 25.5. The van der Waals surface area contributed by atoms with E-state index in [2.05, 4.69) is 25.6 Å². The van der Waals surface area contributed by atoms with Gasteiger partial charge in [0.15, 0.2) is 22.3 Å². The molecule has 12 heteroatoms. The molecular weight excluding hydrogens is 479 g/mol. The van der Waals surface area contributed by atoms with Gasteiger partial charge in [-0.15, -0.1) is 0 Å². The Hall–Kier alpha value is -3.63. The van der Waals surface area contributed by atoms with Gasteiger partial charge in [0, 0.05) is 32.7 Å². The third-order valence-corrected chi connectivity index (χ3v) is 6.25. The molecule has 3 N–H and O–H groups in total. The van der Waals surface area contributed by atoms with E-state index < -0.39 is 0 Å². The Morgan fingerprint density at radius 1 is 1.35 bits per heavy atom. The van der Waals surface area contributed by atoms with E-state index in [9.17, 15) is 4.79 Å². The number of nitrogens with zero attached hydrogens (tertiary/aromatic N) is 5. The lowest BCUT2D eigenvalue weighted by molar-refractivity contribution is 0.449. The molecular formula is C22H20Cl2N8O2. The normalized spacial score (nSPS) is 16.8. The van der Waals surface area contributed by atoms with Gasteiger partial charge in [-0.2, -0.15) is 4.98 Å². The van der Waals surface area contributed by atoms with Crippen LogP contribution in [-0.4, -0.2) is 30.5 Å². The number of nitrogens with one attached hydrogen (secondary N) is 3. The number of allylic oxidation sites excluding steroid dienone is 2. The molecule has 0 saturated heterocycles. The van der Waals surface area contributed by atoms with Crippen molar-refractivity contribution < 1.29 is 4.74 Å². The molecule has 0 bridgehead atoms. The number of hydrogen-bond donors (Lipinski definition) is 3. The average Bonchev–Trinajstić information content (AvgIpc) is 3.62. The van der Waals surface area contributed by atoms with Gasteiger partial charge in [0.25, 0.3) is 5.56 Å². The highest BCUT2D eigenvalue weighted by Gasteiger charge is 2.25. The summed E-state index contributed by atoms with van der Waals surface area (Å²) in [6, 6.07) is 1.88. The van der Waals surface area contributed by atoms with Crippen LogP contribution in [0.5, 0.6) is 5.75 Å². The minimum atomic E-state index is -0.158. The molecule has 2 aliphatic rings. The van der Waals surface area contributed by atoms with Crippen molar-refractivity contribution in [2.24, 2.45) is 19.1 Å². The molecule has 10 nitrogen and oxygen atoms in total. The fourth-order valence-corrected chi connectivity index (χ4v) is 4.18. The number of aryl methyl sites for hydroxylation is 2. The van der Waals surface area contributed by atoms with Crippen LogP contribution in [0.3, 0.4) is 0 Å². The number of ether oxygens (including phenoxy) is 1. The summed E-state index contributed by atoms with van der Waals surface area (Å²) in [7, 11) is 3.50. The van der Waals surface area contributed by atoms with Crippen molar-refractivity contribution in [1.82, 2.24) is 24.4 Å². The number of anilines is 2. The molecule has 1 saturated carbocycles. The zero-order valence-electron chi connectivity index (χ0n) is 18.3. The third-order valence-electron chi connectivity index (χ3n) is 5.60. The predicted molar refractivity (Wildman–Crippen MR) is 132 cm³/mol. The second-order valence-electron chi connectivity index (χ2n) is 7.97. The molecule has 0 spiro atoms. The van der Waals surface area contributed by atoms with Crippen molar-refractivity contribution in [3.8, 4) is 5.75 Å². The molecule has 0 radical (unpaired) electrons. The predicted octanol–water partition coefficient (Wildman–Crippen LogP) is 3.89. The molecule has 174 valence electrons. The van der Waals surface area contributed by atoms with E-state index in [1.807, 2.05) is 12.3 Å². The van der Waals surface area contributed by atoms with Crippen LogP contribution in [0.25, 0.3) is 11.2 Å². The SMILES string of the molecule is Cn1cc(C2CC2)cc(Nc2nc3ncc(O/C(C=N)=C4/NC=CN=C4Cl)c(Cl)c3n2C)c1=O. The van der Waals surface area contributed by atoms with Crippen LogP contribution >= 0.6 is 23.2 Å². The molecule has 0 atom stereocenters. The zero-order valence-corrected chi connectivity index (χ0v) is 19.8. The van der Waals surface area contributed by atoms with Gasteiger partial charge in [-0.05, 0) is 30.4 Å². The Morgan fingerprint density at radius 3 is 2.85 bits per heavy atom. The first-order valence-electron chi connectivity index (χ1n) is 10.4. The number of fused-ring (bicyclic) bond motifs is 1. The van der Waals surface area contributed by atoms with Crippen LogP contribution < -0.4 is 20.9 Å². The fourth-order valence-electron chi connectivity index (χ4n) is 3.67. The van der Waals surface area contributed by atoms with Gasteiger partial charge in [-0.25, -0.2) is 9.98 Å². The van der Waals surface area contributed by atoms with E-state index in [0.717, 1.165) is 24.6 Å². The molecule has 0 unspecified atom stereocenters. The quantitative estimate of drug-likeness (QED) is 0.350. The maximum Gasteiger partial charge on any atom is 0.274 e. The molecule has 0 amide bonds. The molecule has 3 aromatic rings. The van der Waals surface area contributed by atoms with Crippen molar-refractivity contribution in [3.63, 3.8) is 0 Å². The van der Waals surface area contributed by atoms with Gasteiger partial charge < -0.3 is 29.9 Å². The number of aromatic nitrogens is 4. The maximum absolute atomic E-state index is 12.7. The van der Waals surface area contributed by atoms with Crippen molar-refractivity contribution in [2.45, 2.75) is 18.8 Å². The average molecular weight is 499 g/mol. The van der Waals surface area contributed by atoms with E-state index in [1.54, 1.807) is 29.4 Å². The van der Waals surface area contributed by atoms with Gasteiger partial charge in [0.05, 0.1) is 12.4 Å². The summed E-state index contributed by atoms with van der Waals surface area (Å²) in [5.41, 5.74) is 2.60. The van der Waals surface area contributed by atoms with Crippen LogP contribution in [0, 0.1) is 5.41 Å². The first-order valence-corrected chi connectivity index (χ1v) is 11.2. The first-order chi connectivity index (χ1) is 16.4. The summed E-state index contributed by atoms with van der Waals surface area (Å²) >= 11 is 12.8. The Morgan fingerprint density at radius 2 is 2.15 bits per heavy atom. The summed E-state index contributed by atoms with van der Waals surface area (Å²) < 4.78 is 9.12. The summed E-state index contributed by atoms with van der Waals surface area (Å²) in [5, 5.41) is 14.1. The topological polar surface area (TPSA) is 122 Å². The standard InChI is InChI=1S/C22H20Cl2N8O2/c1-31-10-12(11-3-4-11)7-13(21(31)33)29-22-30-20-18(32(22)2)16(23)15(9-28-20)34-14(8-25)17-19(24)27-6-5-26-17/h5-11,25-26H,3-4H2,1-2H3,(H,28,29,30)/b17-14+,25-8?. The van der Waals surface area contributed by atoms with Crippen molar-refractivity contribution in [2.75, 3.05) is 5.32 Å². The number of rotatable bonds is 6. The molecule has 34 heavy (non-hydrogen) atoms. The highest BCUT2D eigenvalue weighted by atomic mass is 35.5. The highest BCUT2D eigenvalue weighted by molar-refractivity contribution is 6.69. The Balaban J connectivity index is 1.51. The summed E-state index contributed by atoms with van der Waals surface area (Å²) in [6.45, 7) is 0. The van der Waals surface area contributed by atoms with E-state index in [0.29, 0.717) is 34.4 Å². The van der Waals surface area contributed by atoms with Crippen LogP contribution in [0.15, 0.2) is 52.1 Å². The van der Waals surface area contributed by atoms with Crippen LogP contribution in [0.2, 0.25) is 5.02 Å². The number of halogens is 2. The van der Waals surface area contributed by atoms with Crippen LogP contribution in [0.1, 0.15) is 24.3 Å². The molecule has 0 aromatic carbocycles. The number of aliphatic imine (C=N–C) groups is 1. The Bertz CT molecular complexity index is 1480. The maximum atomic E-state index is 12.7. The monoisotopic (exact) mass is 498 g/mol. The molecule has 1 fully saturated rings. The third kappa shape index (κ3) is 3.95. The summed E-state index contributed by atoms with van der Waals surface area (Å²) in [6.07, 6.45) is 9.61. The second-order valence-corrected chi connectivity index (χ2v) is 8.71. The highest BCUT2D eigenvalue weighted by Crippen LogP contribution is 2.40. The largest absolute Gasteiger partial charge is 0.450 e. The van der Waals surface area contributed by atoms with E-state index >= 15 is 0 Å². The minimum Gasteiger partial charge on any atom is -0.450 e. The first kappa shape index (κ1) is 22.2. The molecule has 4 heterocycles. The second kappa shape index (κ2) is 8.62. The van der Waals surface area contributed by atoms with Crippen molar-refractivity contribution in [1.29, 1.82) is 5.41 Å². The molecule has 3 aromatic heterocycles. The molecule has 5 rings (SSSR count).